The van der Waals surface area contributed by atoms with Gasteiger partial charge in [0.05, 0.1) is 0 Å². The van der Waals surface area contributed by atoms with Crippen LogP contribution in [0.5, 0.6) is 0 Å². The van der Waals surface area contributed by atoms with E-state index in [1.165, 1.54) is 5.56 Å². The number of rotatable bonds is 4. The van der Waals surface area contributed by atoms with Gasteiger partial charge in [-0.1, -0.05) is 29.8 Å². The van der Waals surface area contributed by atoms with Crippen molar-refractivity contribution in [2.75, 3.05) is 6.54 Å². The van der Waals surface area contributed by atoms with Gasteiger partial charge in [-0.2, -0.15) is 0 Å². The zero-order valence-corrected chi connectivity index (χ0v) is 8.73. The number of nitrogens with two attached hydrogens (primary N) is 1. The van der Waals surface area contributed by atoms with Crippen LogP contribution in [0.25, 0.3) is 0 Å². The summed E-state index contributed by atoms with van der Waals surface area (Å²) in [6, 6.07) is 7.82. The maximum absolute atomic E-state index is 11.2. The third-order valence-corrected chi connectivity index (χ3v) is 2.11. The van der Waals surface area contributed by atoms with Crippen molar-refractivity contribution >= 4 is 5.91 Å². The summed E-state index contributed by atoms with van der Waals surface area (Å²) in [5.41, 5.74) is 7.32. The highest BCUT2D eigenvalue weighted by Crippen LogP contribution is 2.02. The van der Waals surface area contributed by atoms with Crippen LogP contribution in [0.4, 0.5) is 0 Å². The van der Waals surface area contributed by atoms with E-state index in [1.54, 1.807) is 0 Å². The summed E-state index contributed by atoms with van der Waals surface area (Å²) >= 11 is 0. The minimum atomic E-state index is -1.12. The number of carbonyl (C=O) groups excluding carboxylic acids is 1. The molecule has 4 heteroatoms. The number of amides is 1. The van der Waals surface area contributed by atoms with Gasteiger partial charge >= 0.3 is 0 Å². The summed E-state index contributed by atoms with van der Waals surface area (Å²) in [7, 11) is 0. The lowest BCUT2D eigenvalue weighted by atomic mass is 10.1. The minimum Gasteiger partial charge on any atom is -0.382 e. The molecule has 0 bridgehead atoms. The van der Waals surface area contributed by atoms with Crippen LogP contribution in [0, 0.1) is 6.92 Å². The van der Waals surface area contributed by atoms with Crippen LogP contribution < -0.4 is 11.1 Å². The van der Waals surface area contributed by atoms with Crippen molar-refractivity contribution in [2.24, 2.45) is 5.73 Å². The molecule has 15 heavy (non-hydrogen) atoms. The zero-order chi connectivity index (χ0) is 11.3. The summed E-state index contributed by atoms with van der Waals surface area (Å²) in [6.45, 7) is 2.36. The first-order valence-corrected chi connectivity index (χ1v) is 4.85. The Kier molecular flexibility index (Phi) is 4.27. The molecular weight excluding hydrogens is 192 g/mol. The van der Waals surface area contributed by atoms with E-state index in [-0.39, 0.29) is 6.54 Å². The molecule has 0 saturated carbocycles. The smallest absolute Gasteiger partial charge is 0.250 e. The van der Waals surface area contributed by atoms with E-state index in [4.69, 9.17) is 10.8 Å². The van der Waals surface area contributed by atoms with Gasteiger partial charge in [-0.15, -0.1) is 0 Å². The van der Waals surface area contributed by atoms with E-state index in [0.717, 1.165) is 5.56 Å². The standard InChI is InChI=1S/C11H16N2O2/c1-8-2-4-9(5-3-8)7-13-11(15)10(14)6-12/h2-5,10,14H,6-7,12H2,1H3,(H,13,15). The Morgan fingerprint density at radius 3 is 2.60 bits per heavy atom. The van der Waals surface area contributed by atoms with Gasteiger partial charge < -0.3 is 16.2 Å². The van der Waals surface area contributed by atoms with Crippen molar-refractivity contribution in [3.05, 3.63) is 35.4 Å². The van der Waals surface area contributed by atoms with Crippen LogP contribution in [-0.4, -0.2) is 23.7 Å². The van der Waals surface area contributed by atoms with Gasteiger partial charge in [0.1, 0.15) is 6.10 Å². The van der Waals surface area contributed by atoms with Gasteiger partial charge in [-0.3, -0.25) is 4.79 Å². The third kappa shape index (κ3) is 3.69. The fourth-order valence-electron chi connectivity index (χ4n) is 1.12. The predicted octanol–water partition coefficient (Wildman–Crippen LogP) is -0.0692. The van der Waals surface area contributed by atoms with E-state index < -0.39 is 12.0 Å². The topological polar surface area (TPSA) is 75.3 Å². The maximum atomic E-state index is 11.2. The van der Waals surface area contributed by atoms with E-state index in [0.29, 0.717) is 6.54 Å². The van der Waals surface area contributed by atoms with Crippen molar-refractivity contribution in [1.29, 1.82) is 0 Å². The van der Waals surface area contributed by atoms with Crippen LogP contribution in [0.2, 0.25) is 0 Å². The van der Waals surface area contributed by atoms with Gasteiger partial charge in [-0.25, -0.2) is 0 Å². The Labute approximate surface area is 89.1 Å². The predicted molar refractivity (Wildman–Crippen MR) is 58.1 cm³/mol. The average molecular weight is 208 g/mol. The molecule has 1 rings (SSSR count). The summed E-state index contributed by atoms with van der Waals surface area (Å²) in [4.78, 5) is 11.2. The van der Waals surface area contributed by atoms with E-state index in [2.05, 4.69) is 5.32 Å². The van der Waals surface area contributed by atoms with E-state index >= 15 is 0 Å². The van der Waals surface area contributed by atoms with E-state index in [1.807, 2.05) is 31.2 Å². The molecule has 1 aromatic carbocycles. The number of nitrogens with one attached hydrogen (secondary N) is 1. The van der Waals surface area contributed by atoms with Crippen LogP contribution in [0.15, 0.2) is 24.3 Å². The molecule has 1 atom stereocenters. The van der Waals surface area contributed by atoms with Gasteiger partial charge in [0.2, 0.25) is 5.91 Å². The number of aryl methyl sites for hydroxylation is 1. The first-order valence-electron chi connectivity index (χ1n) is 4.85. The second kappa shape index (κ2) is 5.48. The highest BCUT2D eigenvalue weighted by atomic mass is 16.3. The molecule has 0 heterocycles. The van der Waals surface area contributed by atoms with E-state index in [9.17, 15) is 4.79 Å². The Hall–Kier alpha value is -1.39. The summed E-state index contributed by atoms with van der Waals surface area (Å²) in [5.74, 6) is -0.432. The zero-order valence-electron chi connectivity index (χ0n) is 8.73. The molecule has 1 unspecified atom stereocenters. The fourth-order valence-corrected chi connectivity index (χ4v) is 1.12. The monoisotopic (exact) mass is 208 g/mol. The molecule has 0 fully saturated rings. The average Bonchev–Trinajstić information content (AvgIpc) is 2.26. The molecule has 0 aromatic heterocycles. The van der Waals surface area contributed by atoms with Crippen molar-refractivity contribution in [2.45, 2.75) is 19.6 Å². The number of aliphatic hydroxyl groups excluding tert-OH is 1. The molecule has 0 aliphatic carbocycles. The van der Waals surface area contributed by atoms with Crippen molar-refractivity contribution in [1.82, 2.24) is 5.32 Å². The Balaban J connectivity index is 2.43. The number of carbonyl (C=O) groups is 1. The summed E-state index contributed by atoms with van der Waals surface area (Å²) < 4.78 is 0. The first kappa shape index (κ1) is 11.7. The van der Waals surface area contributed by atoms with Crippen LogP contribution in [0.1, 0.15) is 11.1 Å². The minimum absolute atomic E-state index is 0.0558. The normalized spacial score (nSPS) is 12.2. The highest BCUT2D eigenvalue weighted by Gasteiger charge is 2.11. The number of hydrogen-bond acceptors (Lipinski definition) is 3. The second-order valence-corrected chi connectivity index (χ2v) is 3.45. The number of hydrogen-bond donors (Lipinski definition) is 3. The lowest BCUT2D eigenvalue weighted by Gasteiger charge is -2.09. The van der Waals surface area contributed by atoms with Gasteiger partial charge in [0.15, 0.2) is 0 Å². The molecular formula is C11H16N2O2. The van der Waals surface area contributed by atoms with Crippen LogP contribution >= 0.6 is 0 Å². The molecule has 1 amide bonds. The molecule has 0 spiro atoms. The Bertz CT molecular complexity index is 322. The molecule has 4 nitrogen and oxygen atoms in total. The number of aliphatic hydroxyl groups is 1. The Morgan fingerprint density at radius 2 is 2.07 bits per heavy atom. The summed E-state index contributed by atoms with van der Waals surface area (Å²) in [5, 5.41) is 11.7. The molecule has 4 N–H and O–H groups in total. The van der Waals surface area contributed by atoms with Crippen molar-refractivity contribution in [3.8, 4) is 0 Å². The lowest BCUT2D eigenvalue weighted by Crippen LogP contribution is -2.38. The second-order valence-electron chi connectivity index (χ2n) is 3.45. The molecule has 0 radical (unpaired) electrons. The Morgan fingerprint density at radius 1 is 1.47 bits per heavy atom. The fraction of sp³-hybridized carbons (Fsp3) is 0.364. The highest BCUT2D eigenvalue weighted by molar-refractivity contribution is 5.80. The van der Waals surface area contributed by atoms with Crippen molar-refractivity contribution in [3.63, 3.8) is 0 Å². The van der Waals surface area contributed by atoms with Crippen LogP contribution in [0.3, 0.4) is 0 Å². The number of benzene rings is 1. The molecule has 1 aromatic rings. The van der Waals surface area contributed by atoms with Crippen molar-refractivity contribution < 1.29 is 9.90 Å². The SMILES string of the molecule is Cc1ccc(CNC(=O)C(O)CN)cc1. The largest absolute Gasteiger partial charge is 0.382 e. The van der Waals surface area contributed by atoms with Gasteiger partial charge in [0.25, 0.3) is 0 Å². The molecule has 82 valence electrons. The third-order valence-electron chi connectivity index (χ3n) is 2.11. The maximum Gasteiger partial charge on any atom is 0.250 e. The van der Waals surface area contributed by atoms with Gasteiger partial charge in [0, 0.05) is 13.1 Å². The quantitative estimate of drug-likeness (QED) is 0.648. The van der Waals surface area contributed by atoms with Gasteiger partial charge in [-0.05, 0) is 12.5 Å². The first-order chi connectivity index (χ1) is 7.13. The lowest BCUT2D eigenvalue weighted by molar-refractivity contribution is -0.128. The summed E-state index contributed by atoms with van der Waals surface area (Å²) in [6.07, 6.45) is -1.12. The molecule has 0 saturated heterocycles. The molecule has 0 aliphatic rings. The molecule has 0 aliphatic heterocycles. The van der Waals surface area contributed by atoms with Crippen LogP contribution in [-0.2, 0) is 11.3 Å².